The van der Waals surface area contributed by atoms with Crippen molar-refractivity contribution in [2.24, 2.45) is 0 Å². The molecule has 0 atom stereocenters. The lowest BCUT2D eigenvalue weighted by Gasteiger charge is -1.99. The first kappa shape index (κ1) is 73.9. The van der Waals surface area contributed by atoms with Crippen LogP contribution in [0.1, 0.15) is 124 Å². The minimum atomic E-state index is -0.649. The second-order valence-electron chi connectivity index (χ2n) is 8.80. The van der Waals surface area contributed by atoms with Crippen LogP contribution in [0.5, 0.6) is 0 Å². The molecular formula is C37H72Cl2O18. The second-order valence-corrected chi connectivity index (χ2v) is 10.1. The van der Waals surface area contributed by atoms with E-state index < -0.39 is 4.84 Å². The first-order valence-electron chi connectivity index (χ1n) is 17.8. The van der Waals surface area contributed by atoms with Crippen molar-refractivity contribution in [2.45, 2.75) is 129 Å². The second kappa shape index (κ2) is 66.6. The van der Waals surface area contributed by atoms with Crippen molar-refractivity contribution >= 4 is 76.9 Å². The third kappa shape index (κ3) is 179. The number of rotatable bonds is 11. The van der Waals surface area contributed by atoms with E-state index in [1.54, 1.807) is 62.3 Å². The first-order valence-corrected chi connectivity index (χ1v) is 18.7. The van der Waals surface area contributed by atoms with E-state index in [0.29, 0.717) is 59.5 Å². The van der Waals surface area contributed by atoms with Crippen LogP contribution < -0.4 is 0 Å². The van der Waals surface area contributed by atoms with Gasteiger partial charge in [-0.3, -0.25) is 43.2 Å². The van der Waals surface area contributed by atoms with Crippen LogP contribution in [0, 0.1) is 0 Å². The molecular weight excluding hydrogens is 803 g/mol. The van der Waals surface area contributed by atoms with Crippen molar-refractivity contribution in [1.82, 2.24) is 0 Å². The normalized spacial score (nSPS) is 8.00. The maximum Gasteiger partial charge on any atom is 0.308 e. The number of hydrogen-bond acceptors (Lipinski definition) is 18. The molecule has 0 heterocycles. The van der Waals surface area contributed by atoms with Gasteiger partial charge in [0.15, 0.2) is 0 Å². The molecule has 0 radical (unpaired) electrons. The van der Waals surface area contributed by atoms with Crippen molar-refractivity contribution in [3.8, 4) is 0 Å². The minimum Gasteiger partial charge on any atom is -0.466 e. The molecule has 20 heteroatoms. The fraction of sp³-hybridized carbons (Fsp3) is 0.757. The molecule has 0 aliphatic rings. The summed E-state index contributed by atoms with van der Waals surface area (Å²) in [5.74, 6) is -2.04. The molecule has 0 amide bonds. The van der Waals surface area contributed by atoms with Gasteiger partial charge in [-0.25, -0.2) is 0 Å². The van der Waals surface area contributed by atoms with Gasteiger partial charge < -0.3 is 42.6 Å². The lowest BCUT2D eigenvalue weighted by Crippen LogP contribution is -2.07. The molecule has 0 spiro atoms. The highest BCUT2D eigenvalue weighted by Gasteiger charge is 2.07. The van der Waals surface area contributed by atoms with Gasteiger partial charge in [0.1, 0.15) is 4.84 Å². The molecule has 0 aliphatic carbocycles. The van der Waals surface area contributed by atoms with E-state index in [0.717, 1.165) is 0 Å². The van der Waals surface area contributed by atoms with Crippen molar-refractivity contribution in [1.29, 1.82) is 0 Å². The monoisotopic (exact) mass is 874 g/mol. The number of esters is 9. The number of carbonyl (C=O) groups is 9. The number of hydrogen-bond donors (Lipinski definition) is 0. The molecule has 0 N–H and O–H groups in total. The van der Waals surface area contributed by atoms with Crippen LogP contribution in [-0.4, -0.2) is 118 Å². The van der Waals surface area contributed by atoms with Gasteiger partial charge in [-0.15, -0.1) is 23.2 Å². The van der Waals surface area contributed by atoms with E-state index in [-0.39, 0.29) is 60.1 Å². The summed E-state index contributed by atoms with van der Waals surface area (Å²) >= 11 is 10.5. The molecule has 342 valence electrons. The number of carbonyl (C=O) groups excluding carboxylic acids is 9. The lowest BCUT2D eigenvalue weighted by molar-refractivity contribution is -0.143. The molecule has 0 saturated heterocycles. The topological polar surface area (TPSA) is 237 Å². The largest absolute Gasteiger partial charge is 0.466 e. The Hall–Kier alpha value is -4.19. The van der Waals surface area contributed by atoms with E-state index in [1.165, 1.54) is 55.4 Å². The third-order valence-corrected chi connectivity index (χ3v) is 3.72. The summed E-state index contributed by atoms with van der Waals surface area (Å²) in [5.41, 5.74) is 0. The lowest BCUT2D eigenvalue weighted by atomic mass is 10.5. The zero-order chi connectivity index (χ0) is 47.2. The van der Waals surface area contributed by atoms with Gasteiger partial charge >= 0.3 is 53.7 Å². The minimum absolute atomic E-state index is 0.0664. The molecule has 0 aromatic carbocycles. The smallest absolute Gasteiger partial charge is 0.308 e. The summed E-state index contributed by atoms with van der Waals surface area (Å²) in [5, 5.41) is 0. The van der Waals surface area contributed by atoms with Gasteiger partial charge in [-0.05, 0) is 62.3 Å². The molecule has 0 fully saturated rings. The van der Waals surface area contributed by atoms with Gasteiger partial charge in [0.2, 0.25) is 0 Å². The number of halogens is 2. The molecule has 0 aromatic rings. The Balaban J connectivity index is -0.0000000652. The predicted octanol–water partition coefficient (Wildman–Crippen LogP) is 6.30. The van der Waals surface area contributed by atoms with Gasteiger partial charge in [0.25, 0.3) is 0 Å². The summed E-state index contributed by atoms with van der Waals surface area (Å²) < 4.78 is 39.8. The molecule has 0 saturated carbocycles. The van der Waals surface area contributed by atoms with Gasteiger partial charge in [-0.1, -0.05) is 0 Å². The summed E-state index contributed by atoms with van der Waals surface area (Å²) in [6, 6.07) is 0. The van der Waals surface area contributed by atoms with Crippen molar-refractivity contribution in [3.05, 3.63) is 0 Å². The fourth-order valence-electron chi connectivity index (χ4n) is 1.97. The van der Waals surface area contributed by atoms with E-state index >= 15 is 0 Å². The van der Waals surface area contributed by atoms with E-state index in [4.69, 9.17) is 23.2 Å². The highest BCUT2D eigenvalue weighted by Crippen LogP contribution is 2.07. The highest BCUT2D eigenvalue weighted by atomic mass is 35.5. The SMILES string of the molecule is CCOC(=O)CC(Cl)Cl.CCOC(C)=O.CCOC(C)=O.CCOC(C)=O.CCOC(C)=O.CCOC(C)=O.CCOC(C)=O.CCOC(C)=O.CCOC(C)=O. The van der Waals surface area contributed by atoms with Crippen LogP contribution in [0.15, 0.2) is 0 Å². The average Bonchev–Trinajstić information content (AvgIpc) is 3.03. The standard InChI is InChI=1S/C5H8Cl2O2.8C4H8O2/c1-2-9-5(8)3-4(6)7;8*1-3-6-4(2)5/h4H,2-3H2,1H3;8*3H2,1-2H3. The summed E-state index contributed by atoms with van der Waals surface area (Å²) in [4.78, 5) is 88.4. The summed E-state index contributed by atoms with van der Waals surface area (Å²) in [7, 11) is 0. The Morgan fingerprint density at radius 3 is 0.474 bits per heavy atom. The molecule has 57 heavy (non-hydrogen) atoms. The highest BCUT2D eigenvalue weighted by molar-refractivity contribution is 6.45. The van der Waals surface area contributed by atoms with Crippen molar-refractivity contribution < 1.29 is 85.8 Å². The molecule has 0 rings (SSSR count). The average molecular weight is 876 g/mol. The zero-order valence-corrected chi connectivity index (χ0v) is 38.8. The molecule has 0 aliphatic heterocycles. The van der Waals surface area contributed by atoms with Gasteiger partial charge in [0.05, 0.1) is 65.9 Å². The maximum atomic E-state index is 10.5. The third-order valence-electron chi connectivity index (χ3n) is 3.41. The molecule has 0 bridgehead atoms. The van der Waals surface area contributed by atoms with Crippen molar-refractivity contribution in [3.63, 3.8) is 0 Å². The van der Waals surface area contributed by atoms with E-state index in [9.17, 15) is 43.2 Å². The van der Waals surface area contributed by atoms with Crippen molar-refractivity contribution in [2.75, 3.05) is 59.5 Å². The Morgan fingerprint density at radius 2 is 0.421 bits per heavy atom. The van der Waals surface area contributed by atoms with Crippen LogP contribution in [0.2, 0.25) is 0 Å². The molecule has 0 unspecified atom stereocenters. The quantitative estimate of drug-likeness (QED) is 0.126. The Labute approximate surface area is 350 Å². The van der Waals surface area contributed by atoms with Crippen LogP contribution in [0.4, 0.5) is 0 Å². The first-order chi connectivity index (χ1) is 26.3. The van der Waals surface area contributed by atoms with E-state index in [2.05, 4.69) is 42.6 Å². The zero-order valence-electron chi connectivity index (χ0n) is 37.3. The Morgan fingerprint density at radius 1 is 0.298 bits per heavy atom. The van der Waals surface area contributed by atoms with Crippen LogP contribution in [0.25, 0.3) is 0 Å². The van der Waals surface area contributed by atoms with Crippen LogP contribution in [-0.2, 0) is 85.8 Å². The predicted molar refractivity (Wildman–Crippen MR) is 215 cm³/mol. The summed E-state index contributed by atoms with van der Waals surface area (Å²) in [6.07, 6.45) is 0.0664. The number of ether oxygens (including phenoxy) is 9. The molecule has 0 aromatic heterocycles. The summed E-state index contributed by atoms with van der Waals surface area (Å²) in [6.45, 7) is 31.3. The Bertz CT molecular complexity index is 782. The fourth-order valence-corrected chi connectivity index (χ4v) is 2.22. The Kier molecular flexibility index (Phi) is 86.3. The molecule has 18 nitrogen and oxygen atoms in total. The van der Waals surface area contributed by atoms with E-state index in [1.807, 2.05) is 0 Å². The van der Waals surface area contributed by atoms with Gasteiger partial charge in [-0.2, -0.15) is 0 Å². The maximum absolute atomic E-state index is 10.5. The van der Waals surface area contributed by atoms with Gasteiger partial charge in [0, 0.05) is 55.4 Å². The van der Waals surface area contributed by atoms with Crippen LogP contribution >= 0.6 is 23.2 Å². The number of alkyl halides is 2. The van der Waals surface area contributed by atoms with Crippen LogP contribution in [0.3, 0.4) is 0 Å².